The number of benzene rings is 1. The first-order valence-corrected chi connectivity index (χ1v) is 5.22. The molecular weight excluding hydrogens is 186 g/mol. The molecule has 4 heteroatoms. The van der Waals surface area contributed by atoms with Crippen molar-refractivity contribution in [1.29, 1.82) is 5.26 Å². The van der Waals surface area contributed by atoms with Crippen LogP contribution in [0.2, 0.25) is 0 Å². The van der Waals surface area contributed by atoms with Crippen molar-refractivity contribution in [2.24, 2.45) is 0 Å². The lowest BCUT2D eigenvalue weighted by Gasteiger charge is -2.01. The van der Waals surface area contributed by atoms with Crippen molar-refractivity contribution >= 4 is 10.8 Å². The number of hydrogen-bond donors (Lipinski definition) is 1. The molecule has 0 spiro atoms. The molecule has 68 valence electrons. The van der Waals surface area contributed by atoms with Crippen LogP contribution in [0.1, 0.15) is 11.1 Å². The molecule has 1 atom stereocenters. The van der Waals surface area contributed by atoms with E-state index in [0.717, 1.165) is 0 Å². The number of aliphatic hydroxyl groups excluding tert-OH is 1. The van der Waals surface area contributed by atoms with Crippen molar-refractivity contribution < 1.29 is 9.32 Å². The van der Waals surface area contributed by atoms with Crippen molar-refractivity contribution in [2.75, 3.05) is 6.26 Å². The lowest BCUT2D eigenvalue weighted by Crippen LogP contribution is -1.94. The highest BCUT2D eigenvalue weighted by molar-refractivity contribution is 7.84. The minimum Gasteiger partial charge on any atom is -0.392 e. The van der Waals surface area contributed by atoms with Crippen LogP contribution in [0, 0.1) is 11.3 Å². The van der Waals surface area contributed by atoms with Gasteiger partial charge in [-0.3, -0.25) is 4.21 Å². The first-order chi connectivity index (χ1) is 6.19. The first kappa shape index (κ1) is 9.90. The van der Waals surface area contributed by atoms with E-state index in [1.165, 1.54) is 6.26 Å². The molecule has 3 nitrogen and oxygen atoms in total. The Labute approximate surface area is 79.1 Å². The summed E-state index contributed by atoms with van der Waals surface area (Å²) >= 11 is 0. The molecule has 1 rings (SSSR count). The monoisotopic (exact) mass is 195 g/mol. The van der Waals surface area contributed by atoms with Gasteiger partial charge in [0.25, 0.3) is 0 Å². The molecular formula is C9H9NO2S. The van der Waals surface area contributed by atoms with Crippen LogP contribution in [-0.4, -0.2) is 15.6 Å². The van der Waals surface area contributed by atoms with Gasteiger partial charge in [-0.25, -0.2) is 0 Å². The van der Waals surface area contributed by atoms with Gasteiger partial charge in [0.05, 0.1) is 27.9 Å². The molecule has 0 aliphatic heterocycles. The second-order valence-electron chi connectivity index (χ2n) is 2.55. The summed E-state index contributed by atoms with van der Waals surface area (Å²) in [4.78, 5) is 0.514. The van der Waals surface area contributed by atoms with Crippen LogP contribution in [0.4, 0.5) is 0 Å². The van der Waals surface area contributed by atoms with E-state index in [0.29, 0.717) is 16.0 Å². The van der Waals surface area contributed by atoms with Gasteiger partial charge in [-0.15, -0.1) is 0 Å². The Bertz CT molecular complexity index is 382. The number of rotatable bonds is 2. The number of hydrogen-bond acceptors (Lipinski definition) is 3. The molecule has 13 heavy (non-hydrogen) atoms. The Balaban J connectivity index is 3.26. The zero-order valence-corrected chi connectivity index (χ0v) is 7.97. The Morgan fingerprint density at radius 2 is 2.31 bits per heavy atom. The molecule has 0 bridgehead atoms. The largest absolute Gasteiger partial charge is 0.392 e. The van der Waals surface area contributed by atoms with E-state index in [-0.39, 0.29) is 6.61 Å². The molecule has 0 amide bonds. The molecule has 0 saturated carbocycles. The fourth-order valence-electron chi connectivity index (χ4n) is 1.01. The van der Waals surface area contributed by atoms with E-state index in [1.54, 1.807) is 18.2 Å². The summed E-state index contributed by atoms with van der Waals surface area (Å²) in [7, 11) is -1.15. The fraction of sp³-hybridized carbons (Fsp3) is 0.222. The first-order valence-electron chi connectivity index (χ1n) is 3.66. The van der Waals surface area contributed by atoms with Gasteiger partial charge < -0.3 is 5.11 Å². The predicted octanol–water partition coefficient (Wildman–Crippen LogP) is 0.788. The van der Waals surface area contributed by atoms with Gasteiger partial charge in [-0.2, -0.15) is 5.26 Å². The third-order valence-corrected chi connectivity index (χ3v) is 2.63. The second-order valence-corrected chi connectivity index (χ2v) is 3.90. The molecule has 0 heterocycles. The molecule has 0 aliphatic rings. The third-order valence-electron chi connectivity index (χ3n) is 1.66. The molecule has 0 saturated heterocycles. The average Bonchev–Trinajstić information content (AvgIpc) is 2.16. The van der Waals surface area contributed by atoms with Gasteiger partial charge in [0.2, 0.25) is 0 Å². The Morgan fingerprint density at radius 1 is 1.62 bits per heavy atom. The quantitative estimate of drug-likeness (QED) is 0.758. The average molecular weight is 195 g/mol. The van der Waals surface area contributed by atoms with Crippen LogP contribution >= 0.6 is 0 Å². The minimum absolute atomic E-state index is 0.106. The summed E-state index contributed by atoms with van der Waals surface area (Å²) in [6.45, 7) is -0.106. The van der Waals surface area contributed by atoms with E-state index in [4.69, 9.17) is 10.4 Å². The van der Waals surface area contributed by atoms with Crippen molar-refractivity contribution in [3.05, 3.63) is 29.3 Å². The summed E-state index contributed by atoms with van der Waals surface area (Å²) in [6, 6.07) is 6.78. The lowest BCUT2D eigenvalue weighted by atomic mass is 10.1. The van der Waals surface area contributed by atoms with Crippen LogP contribution in [0.3, 0.4) is 0 Å². The molecule has 0 radical (unpaired) electrons. The van der Waals surface area contributed by atoms with Gasteiger partial charge in [-0.05, 0) is 17.7 Å². The molecule has 0 aliphatic carbocycles. The SMILES string of the molecule is CS(=O)c1ccc(CO)cc1C#N. The molecule has 1 N–H and O–H groups in total. The maximum atomic E-state index is 11.1. The summed E-state index contributed by atoms with van der Waals surface area (Å²) in [5.41, 5.74) is 1.03. The van der Waals surface area contributed by atoms with E-state index >= 15 is 0 Å². The minimum atomic E-state index is -1.15. The maximum absolute atomic E-state index is 11.1. The predicted molar refractivity (Wildman–Crippen MR) is 49.4 cm³/mol. The third kappa shape index (κ3) is 2.14. The zero-order valence-electron chi connectivity index (χ0n) is 7.15. The van der Waals surface area contributed by atoms with Gasteiger partial charge in [0.1, 0.15) is 6.07 Å². The van der Waals surface area contributed by atoms with E-state index in [9.17, 15) is 4.21 Å². The summed E-state index contributed by atoms with van der Waals surface area (Å²) in [6.07, 6.45) is 1.52. The second kappa shape index (κ2) is 4.17. The number of nitriles is 1. The Hall–Kier alpha value is -1.18. The van der Waals surface area contributed by atoms with Crippen molar-refractivity contribution in [3.8, 4) is 6.07 Å². The van der Waals surface area contributed by atoms with E-state index < -0.39 is 10.8 Å². The topological polar surface area (TPSA) is 61.1 Å². The lowest BCUT2D eigenvalue weighted by molar-refractivity contribution is 0.281. The molecule has 0 aromatic heterocycles. The Morgan fingerprint density at radius 3 is 2.77 bits per heavy atom. The van der Waals surface area contributed by atoms with E-state index in [2.05, 4.69) is 0 Å². The standard InChI is InChI=1S/C9H9NO2S/c1-13(12)9-3-2-7(6-11)4-8(9)5-10/h2-4,11H,6H2,1H3. The normalized spacial score (nSPS) is 12.1. The van der Waals surface area contributed by atoms with Gasteiger partial charge in [0.15, 0.2) is 0 Å². The molecule has 1 unspecified atom stereocenters. The highest BCUT2D eigenvalue weighted by Gasteiger charge is 2.05. The van der Waals surface area contributed by atoms with Crippen LogP contribution in [-0.2, 0) is 17.4 Å². The van der Waals surface area contributed by atoms with Gasteiger partial charge in [0, 0.05) is 6.26 Å². The van der Waals surface area contributed by atoms with Crippen molar-refractivity contribution in [3.63, 3.8) is 0 Å². The summed E-state index contributed by atoms with van der Waals surface area (Å²) in [5.74, 6) is 0. The van der Waals surface area contributed by atoms with Crippen LogP contribution < -0.4 is 0 Å². The summed E-state index contributed by atoms with van der Waals surface area (Å²) in [5, 5.41) is 17.5. The Kier molecular flexibility index (Phi) is 3.18. The fourth-order valence-corrected chi connectivity index (χ4v) is 1.69. The van der Waals surface area contributed by atoms with Crippen LogP contribution in [0.15, 0.2) is 23.1 Å². The molecule has 0 fully saturated rings. The number of nitrogens with zero attached hydrogens (tertiary/aromatic N) is 1. The van der Waals surface area contributed by atoms with Gasteiger partial charge >= 0.3 is 0 Å². The summed E-state index contributed by atoms with van der Waals surface area (Å²) < 4.78 is 11.1. The zero-order chi connectivity index (χ0) is 9.84. The smallest absolute Gasteiger partial charge is 0.100 e. The van der Waals surface area contributed by atoms with E-state index in [1.807, 2.05) is 6.07 Å². The number of aliphatic hydroxyl groups is 1. The highest BCUT2D eigenvalue weighted by Crippen LogP contribution is 2.14. The maximum Gasteiger partial charge on any atom is 0.100 e. The van der Waals surface area contributed by atoms with Crippen molar-refractivity contribution in [1.82, 2.24) is 0 Å². The van der Waals surface area contributed by atoms with Crippen LogP contribution in [0.25, 0.3) is 0 Å². The molecule has 1 aromatic carbocycles. The van der Waals surface area contributed by atoms with Gasteiger partial charge in [-0.1, -0.05) is 6.07 Å². The highest BCUT2D eigenvalue weighted by atomic mass is 32.2. The van der Waals surface area contributed by atoms with Crippen molar-refractivity contribution in [2.45, 2.75) is 11.5 Å². The van der Waals surface area contributed by atoms with Crippen LogP contribution in [0.5, 0.6) is 0 Å². The molecule has 1 aromatic rings.